The fourth-order valence-electron chi connectivity index (χ4n) is 4.03. The van der Waals surface area contributed by atoms with Crippen LogP contribution in [-0.4, -0.2) is 57.0 Å². The molecular weight excluding hydrogens is 366 g/mol. The highest BCUT2D eigenvalue weighted by molar-refractivity contribution is 5.92. The van der Waals surface area contributed by atoms with Gasteiger partial charge in [0.1, 0.15) is 5.69 Å². The summed E-state index contributed by atoms with van der Waals surface area (Å²) in [6, 6.07) is 7.56. The van der Waals surface area contributed by atoms with Crippen molar-refractivity contribution in [3.05, 3.63) is 47.5 Å². The summed E-state index contributed by atoms with van der Waals surface area (Å²) < 4.78 is 1.89. The molecule has 7 nitrogen and oxygen atoms in total. The first-order chi connectivity index (χ1) is 13.8. The minimum Gasteiger partial charge on any atom is -0.340 e. The van der Waals surface area contributed by atoms with Gasteiger partial charge in [-0.05, 0) is 49.8 Å². The Labute approximate surface area is 172 Å². The van der Waals surface area contributed by atoms with Crippen LogP contribution in [0.4, 0.5) is 0 Å². The Balaban J connectivity index is 1.53. The molecule has 1 aliphatic rings. The van der Waals surface area contributed by atoms with Crippen LogP contribution in [0.1, 0.15) is 60.4 Å². The summed E-state index contributed by atoms with van der Waals surface area (Å²) in [6.07, 6.45) is 5.99. The van der Waals surface area contributed by atoms with Crippen LogP contribution in [0.15, 0.2) is 30.5 Å². The second-order valence-electron chi connectivity index (χ2n) is 8.18. The maximum Gasteiger partial charge on any atom is 0.272 e. The van der Waals surface area contributed by atoms with E-state index in [-0.39, 0.29) is 11.8 Å². The van der Waals surface area contributed by atoms with E-state index in [9.17, 15) is 9.59 Å². The molecule has 1 aliphatic carbocycles. The second-order valence-corrected chi connectivity index (χ2v) is 8.18. The van der Waals surface area contributed by atoms with E-state index in [0.29, 0.717) is 24.1 Å². The number of hydrogen-bond acceptors (Lipinski definition) is 4. The van der Waals surface area contributed by atoms with Crippen molar-refractivity contribution in [2.75, 3.05) is 20.6 Å². The summed E-state index contributed by atoms with van der Waals surface area (Å²) in [5, 5.41) is 4.71. The zero-order valence-corrected chi connectivity index (χ0v) is 17.8. The van der Waals surface area contributed by atoms with Crippen LogP contribution in [-0.2, 0) is 18.4 Å². The summed E-state index contributed by atoms with van der Waals surface area (Å²) >= 11 is 0. The first-order valence-corrected chi connectivity index (χ1v) is 10.3. The molecule has 2 aromatic heterocycles. The lowest BCUT2D eigenvalue weighted by molar-refractivity contribution is -0.128. The lowest BCUT2D eigenvalue weighted by Crippen LogP contribution is -2.33. The fraction of sp³-hybridized carbons (Fsp3) is 0.545. The number of pyridine rings is 1. The molecule has 0 aliphatic heterocycles. The largest absolute Gasteiger partial charge is 0.340 e. The van der Waals surface area contributed by atoms with Gasteiger partial charge in [0.2, 0.25) is 5.91 Å². The molecule has 0 atom stereocenters. The number of carbonyl (C=O) groups is 2. The lowest BCUT2D eigenvalue weighted by atomic mass is 9.80. The van der Waals surface area contributed by atoms with Gasteiger partial charge in [-0.2, -0.15) is 5.10 Å². The maximum atomic E-state index is 12.5. The molecule has 7 heteroatoms. The van der Waals surface area contributed by atoms with E-state index in [1.165, 1.54) is 0 Å². The van der Waals surface area contributed by atoms with Gasteiger partial charge in [0.15, 0.2) is 0 Å². The zero-order chi connectivity index (χ0) is 21.0. The molecule has 2 heterocycles. The minimum atomic E-state index is -0.0170. The van der Waals surface area contributed by atoms with Gasteiger partial charge in [0.05, 0.1) is 17.9 Å². The molecule has 3 rings (SSSR count). The number of hydrogen-bond donors (Lipinski definition) is 0. The summed E-state index contributed by atoms with van der Waals surface area (Å²) in [7, 11) is 5.61. The van der Waals surface area contributed by atoms with Gasteiger partial charge in [0.25, 0.3) is 5.91 Å². The SMILES string of the molecule is CC(=O)N(C)Cc1cc(C2CCC(CN(C)C(=O)c3ccccn3)CC2)nn1C. The Morgan fingerprint density at radius 1 is 1.14 bits per heavy atom. The standard InChI is InChI=1S/C22H31N5O2/c1-16(28)25(2)15-19-13-21(24-27(19)4)18-10-8-17(9-11-18)14-26(3)22(29)20-7-5-6-12-23-20/h5-7,12-13,17-18H,8-11,14-15H2,1-4H3. The lowest BCUT2D eigenvalue weighted by Gasteiger charge is -2.30. The second kappa shape index (κ2) is 9.20. The first kappa shape index (κ1) is 21.0. The van der Waals surface area contributed by atoms with Gasteiger partial charge in [0, 0.05) is 46.7 Å². The average Bonchev–Trinajstić information content (AvgIpc) is 3.08. The number of rotatable bonds is 6. The number of aryl methyl sites for hydroxylation is 1. The predicted octanol–water partition coefficient (Wildman–Crippen LogP) is 2.84. The molecule has 0 N–H and O–H groups in total. The van der Waals surface area contributed by atoms with Crippen molar-refractivity contribution in [3.63, 3.8) is 0 Å². The highest BCUT2D eigenvalue weighted by Crippen LogP contribution is 2.35. The van der Waals surface area contributed by atoms with Crippen molar-refractivity contribution in [3.8, 4) is 0 Å². The molecule has 1 saturated carbocycles. The van der Waals surface area contributed by atoms with Crippen LogP contribution < -0.4 is 0 Å². The smallest absolute Gasteiger partial charge is 0.272 e. The monoisotopic (exact) mass is 397 g/mol. The van der Waals surface area contributed by atoms with Gasteiger partial charge in [-0.1, -0.05) is 6.07 Å². The van der Waals surface area contributed by atoms with Gasteiger partial charge in [-0.15, -0.1) is 0 Å². The van der Waals surface area contributed by atoms with E-state index < -0.39 is 0 Å². The van der Waals surface area contributed by atoms with Crippen LogP contribution in [0.3, 0.4) is 0 Å². The number of amides is 2. The van der Waals surface area contributed by atoms with E-state index in [1.807, 2.05) is 38.0 Å². The molecule has 2 aromatic rings. The van der Waals surface area contributed by atoms with E-state index in [4.69, 9.17) is 5.10 Å². The van der Waals surface area contributed by atoms with Crippen LogP contribution in [0.2, 0.25) is 0 Å². The molecule has 29 heavy (non-hydrogen) atoms. The Morgan fingerprint density at radius 2 is 1.86 bits per heavy atom. The quantitative estimate of drug-likeness (QED) is 0.751. The third kappa shape index (κ3) is 5.22. The van der Waals surface area contributed by atoms with Gasteiger partial charge < -0.3 is 9.80 Å². The minimum absolute atomic E-state index is 0.0170. The maximum absolute atomic E-state index is 12.5. The van der Waals surface area contributed by atoms with Crippen molar-refractivity contribution in [1.29, 1.82) is 0 Å². The molecule has 0 aromatic carbocycles. The first-order valence-electron chi connectivity index (χ1n) is 10.3. The Kier molecular flexibility index (Phi) is 6.67. The van der Waals surface area contributed by atoms with Crippen LogP contribution in [0.5, 0.6) is 0 Å². The molecule has 2 amide bonds. The molecule has 1 fully saturated rings. The van der Waals surface area contributed by atoms with Crippen molar-refractivity contribution >= 4 is 11.8 Å². The molecule has 0 radical (unpaired) electrons. The van der Waals surface area contributed by atoms with Crippen LogP contribution in [0, 0.1) is 5.92 Å². The third-order valence-corrected chi connectivity index (χ3v) is 5.96. The normalized spacial score (nSPS) is 19.0. The Morgan fingerprint density at radius 3 is 2.48 bits per heavy atom. The fourth-order valence-corrected chi connectivity index (χ4v) is 4.03. The van der Waals surface area contributed by atoms with Gasteiger partial charge in [-0.25, -0.2) is 0 Å². The topological polar surface area (TPSA) is 71.3 Å². The van der Waals surface area contributed by atoms with E-state index >= 15 is 0 Å². The van der Waals surface area contributed by atoms with Crippen molar-refractivity contribution < 1.29 is 9.59 Å². The molecule has 0 spiro atoms. The Hall–Kier alpha value is -2.70. The van der Waals surface area contributed by atoms with Crippen LogP contribution >= 0.6 is 0 Å². The van der Waals surface area contributed by atoms with Crippen molar-refractivity contribution in [2.24, 2.45) is 13.0 Å². The van der Waals surface area contributed by atoms with Crippen molar-refractivity contribution in [2.45, 2.75) is 45.1 Å². The highest BCUT2D eigenvalue weighted by atomic mass is 16.2. The predicted molar refractivity (Wildman–Crippen MR) is 111 cm³/mol. The molecule has 0 saturated heterocycles. The molecule has 0 bridgehead atoms. The average molecular weight is 398 g/mol. The molecule has 156 valence electrons. The van der Waals surface area contributed by atoms with E-state index in [2.05, 4.69) is 11.1 Å². The summed E-state index contributed by atoms with van der Waals surface area (Å²) in [5.74, 6) is 0.996. The zero-order valence-electron chi connectivity index (χ0n) is 17.8. The molecular formula is C22H31N5O2. The number of carbonyl (C=O) groups excluding carboxylic acids is 2. The number of aromatic nitrogens is 3. The van der Waals surface area contributed by atoms with E-state index in [0.717, 1.165) is 43.6 Å². The van der Waals surface area contributed by atoms with Crippen LogP contribution in [0.25, 0.3) is 0 Å². The van der Waals surface area contributed by atoms with Gasteiger partial charge >= 0.3 is 0 Å². The van der Waals surface area contributed by atoms with Crippen molar-refractivity contribution in [1.82, 2.24) is 24.6 Å². The van der Waals surface area contributed by atoms with E-state index in [1.54, 1.807) is 29.0 Å². The third-order valence-electron chi connectivity index (χ3n) is 5.96. The summed E-state index contributed by atoms with van der Waals surface area (Å²) in [5.41, 5.74) is 2.68. The molecule has 0 unspecified atom stereocenters. The highest BCUT2D eigenvalue weighted by Gasteiger charge is 2.27. The number of nitrogens with zero attached hydrogens (tertiary/aromatic N) is 5. The Bertz CT molecular complexity index is 840. The summed E-state index contributed by atoms with van der Waals surface area (Å²) in [4.78, 5) is 31.7. The van der Waals surface area contributed by atoms with Gasteiger partial charge in [-0.3, -0.25) is 19.3 Å². The summed E-state index contributed by atoms with van der Waals surface area (Å²) in [6.45, 7) is 2.92.